The number of aryl methyl sites for hydroxylation is 2. The highest BCUT2D eigenvalue weighted by Crippen LogP contribution is 2.58. The lowest BCUT2D eigenvalue weighted by Gasteiger charge is -2.56. The van der Waals surface area contributed by atoms with Crippen LogP contribution < -0.4 is 0 Å². The Bertz CT molecular complexity index is 434. The summed E-state index contributed by atoms with van der Waals surface area (Å²) in [6.07, 6.45) is 0. The Labute approximate surface area is 93.7 Å². The van der Waals surface area contributed by atoms with Gasteiger partial charge in [-0.2, -0.15) is 0 Å². The summed E-state index contributed by atoms with van der Waals surface area (Å²) in [5.74, 6) is 0. The third-order valence-corrected chi connectivity index (χ3v) is 4.86. The van der Waals surface area contributed by atoms with Gasteiger partial charge in [-0.05, 0) is 59.4 Å². The van der Waals surface area contributed by atoms with E-state index in [2.05, 4.69) is 54.5 Å². The molecule has 1 aromatic rings. The lowest BCUT2D eigenvalue weighted by atomic mass is 9.47. The fraction of sp³-hybridized carbons (Fsp3) is 0.600. The molecule has 0 heterocycles. The van der Waals surface area contributed by atoms with Gasteiger partial charge in [0, 0.05) is 0 Å². The fourth-order valence-corrected chi connectivity index (χ4v) is 3.24. The molecule has 0 aromatic heterocycles. The molecule has 2 rings (SSSR count). The van der Waals surface area contributed by atoms with Crippen molar-refractivity contribution in [3.63, 3.8) is 0 Å². The maximum Gasteiger partial charge on any atom is -0.000608 e. The predicted molar refractivity (Wildman–Crippen MR) is 66.7 cm³/mol. The first-order valence-corrected chi connectivity index (χ1v) is 5.83. The van der Waals surface area contributed by atoms with Gasteiger partial charge in [-0.25, -0.2) is 0 Å². The average Bonchev–Trinajstić information content (AvgIpc) is 2.09. The monoisotopic (exact) mass is 202 g/mol. The van der Waals surface area contributed by atoms with Crippen LogP contribution in [0.25, 0.3) is 0 Å². The van der Waals surface area contributed by atoms with Crippen molar-refractivity contribution in [3.8, 4) is 0 Å². The van der Waals surface area contributed by atoms with Crippen LogP contribution >= 0.6 is 0 Å². The summed E-state index contributed by atoms with van der Waals surface area (Å²) >= 11 is 0. The largest absolute Gasteiger partial charge is 0.0558 e. The van der Waals surface area contributed by atoms with Crippen LogP contribution in [0.5, 0.6) is 0 Å². The molecule has 0 unspecified atom stereocenters. The first-order chi connectivity index (χ1) is 6.71. The van der Waals surface area contributed by atoms with E-state index >= 15 is 0 Å². The molecule has 15 heavy (non-hydrogen) atoms. The SMILES string of the molecule is Cc1cc(C)c2c(c1C)C(C)(C)C2(C)C. The van der Waals surface area contributed by atoms with Crippen LogP contribution in [-0.2, 0) is 10.8 Å². The summed E-state index contributed by atoms with van der Waals surface area (Å²) < 4.78 is 0. The Balaban J connectivity index is 2.82. The molecule has 0 atom stereocenters. The minimum Gasteiger partial charge on any atom is -0.0558 e. The minimum atomic E-state index is 0.323. The molecule has 0 saturated heterocycles. The molecule has 0 fully saturated rings. The molecule has 0 aliphatic heterocycles. The summed E-state index contributed by atoms with van der Waals surface area (Å²) in [6.45, 7) is 16.2. The first-order valence-electron chi connectivity index (χ1n) is 5.83. The van der Waals surface area contributed by atoms with Gasteiger partial charge < -0.3 is 0 Å². The fourth-order valence-electron chi connectivity index (χ4n) is 3.24. The summed E-state index contributed by atoms with van der Waals surface area (Å²) in [5, 5.41) is 0. The van der Waals surface area contributed by atoms with Crippen LogP contribution in [-0.4, -0.2) is 0 Å². The summed E-state index contributed by atoms with van der Waals surface area (Å²) in [7, 11) is 0. The van der Waals surface area contributed by atoms with Crippen molar-refractivity contribution in [1.82, 2.24) is 0 Å². The number of fused-ring (bicyclic) bond motifs is 1. The second-order valence-corrected chi connectivity index (χ2v) is 6.14. The quantitative estimate of drug-likeness (QED) is 0.592. The summed E-state index contributed by atoms with van der Waals surface area (Å²) in [4.78, 5) is 0. The summed E-state index contributed by atoms with van der Waals surface area (Å²) in [6, 6.07) is 2.34. The Kier molecular flexibility index (Phi) is 1.91. The molecule has 82 valence electrons. The van der Waals surface area contributed by atoms with Crippen LogP contribution in [0.1, 0.15) is 55.5 Å². The van der Waals surface area contributed by atoms with E-state index in [0.717, 1.165) is 0 Å². The second-order valence-electron chi connectivity index (χ2n) is 6.14. The van der Waals surface area contributed by atoms with Gasteiger partial charge >= 0.3 is 0 Å². The zero-order valence-corrected chi connectivity index (χ0v) is 11.1. The van der Waals surface area contributed by atoms with Crippen molar-refractivity contribution in [2.75, 3.05) is 0 Å². The number of hydrogen-bond acceptors (Lipinski definition) is 0. The van der Waals surface area contributed by atoms with E-state index in [4.69, 9.17) is 0 Å². The van der Waals surface area contributed by atoms with Crippen molar-refractivity contribution in [3.05, 3.63) is 33.9 Å². The molecule has 0 heteroatoms. The molecular weight excluding hydrogens is 180 g/mol. The third-order valence-electron chi connectivity index (χ3n) is 4.86. The van der Waals surface area contributed by atoms with Crippen molar-refractivity contribution in [2.24, 2.45) is 0 Å². The van der Waals surface area contributed by atoms with Crippen LogP contribution in [0.3, 0.4) is 0 Å². The van der Waals surface area contributed by atoms with Crippen LogP contribution in [0.2, 0.25) is 0 Å². The van der Waals surface area contributed by atoms with Gasteiger partial charge in [-0.3, -0.25) is 0 Å². The molecule has 1 aromatic carbocycles. The smallest absolute Gasteiger partial charge is 0.000608 e. The van der Waals surface area contributed by atoms with E-state index in [0.29, 0.717) is 10.8 Å². The lowest BCUT2D eigenvalue weighted by Crippen LogP contribution is -2.52. The van der Waals surface area contributed by atoms with Crippen LogP contribution in [0, 0.1) is 20.8 Å². The Morgan fingerprint density at radius 3 is 1.73 bits per heavy atom. The standard InChI is InChI=1S/C15H22/c1-9-8-10(2)12-13(11(9)3)15(6,7)14(12,4)5/h8H,1-7H3. The molecule has 0 spiro atoms. The van der Waals surface area contributed by atoms with Gasteiger partial charge in [0.2, 0.25) is 0 Å². The molecular formula is C15H22. The van der Waals surface area contributed by atoms with Crippen LogP contribution in [0.4, 0.5) is 0 Å². The van der Waals surface area contributed by atoms with Crippen molar-refractivity contribution in [2.45, 2.75) is 59.3 Å². The van der Waals surface area contributed by atoms with E-state index in [-0.39, 0.29) is 0 Å². The Hall–Kier alpha value is -0.780. The third kappa shape index (κ3) is 1.03. The van der Waals surface area contributed by atoms with Gasteiger partial charge in [0.15, 0.2) is 0 Å². The number of rotatable bonds is 0. The van der Waals surface area contributed by atoms with Gasteiger partial charge in [-0.15, -0.1) is 0 Å². The number of hydrogen-bond donors (Lipinski definition) is 0. The van der Waals surface area contributed by atoms with Crippen LogP contribution in [0.15, 0.2) is 6.07 Å². The lowest BCUT2D eigenvalue weighted by molar-refractivity contribution is 0.238. The minimum absolute atomic E-state index is 0.323. The highest BCUT2D eigenvalue weighted by Gasteiger charge is 2.52. The van der Waals surface area contributed by atoms with Gasteiger partial charge in [0.1, 0.15) is 0 Å². The topological polar surface area (TPSA) is 0 Å². The van der Waals surface area contributed by atoms with Gasteiger partial charge in [0.25, 0.3) is 0 Å². The Morgan fingerprint density at radius 1 is 0.733 bits per heavy atom. The normalized spacial score (nSPS) is 20.7. The second kappa shape index (κ2) is 2.66. The Morgan fingerprint density at radius 2 is 1.20 bits per heavy atom. The number of benzene rings is 1. The van der Waals surface area contributed by atoms with E-state index in [9.17, 15) is 0 Å². The maximum absolute atomic E-state index is 2.38. The van der Waals surface area contributed by atoms with E-state index in [1.165, 1.54) is 16.7 Å². The predicted octanol–water partition coefficient (Wildman–Crippen LogP) is 4.18. The first kappa shape index (κ1) is 10.7. The maximum atomic E-state index is 2.38. The average molecular weight is 202 g/mol. The molecule has 0 N–H and O–H groups in total. The molecule has 0 nitrogen and oxygen atoms in total. The van der Waals surface area contributed by atoms with E-state index in [1.807, 2.05) is 0 Å². The van der Waals surface area contributed by atoms with Gasteiger partial charge in [-0.1, -0.05) is 33.8 Å². The zero-order chi connectivity index (χ0) is 11.6. The van der Waals surface area contributed by atoms with Crippen molar-refractivity contribution in [1.29, 1.82) is 0 Å². The van der Waals surface area contributed by atoms with Crippen molar-refractivity contribution >= 4 is 0 Å². The highest BCUT2D eigenvalue weighted by molar-refractivity contribution is 5.61. The zero-order valence-electron chi connectivity index (χ0n) is 11.1. The molecule has 0 radical (unpaired) electrons. The summed E-state index contributed by atoms with van der Waals surface area (Å²) in [5.41, 5.74) is 8.25. The van der Waals surface area contributed by atoms with Gasteiger partial charge in [0.05, 0.1) is 0 Å². The van der Waals surface area contributed by atoms with E-state index < -0.39 is 0 Å². The van der Waals surface area contributed by atoms with Crippen molar-refractivity contribution < 1.29 is 0 Å². The molecule has 0 amide bonds. The molecule has 0 saturated carbocycles. The molecule has 1 aliphatic rings. The molecule has 1 aliphatic carbocycles. The molecule has 0 bridgehead atoms. The van der Waals surface area contributed by atoms with E-state index in [1.54, 1.807) is 11.1 Å². The highest BCUT2D eigenvalue weighted by atomic mass is 14.6.